The van der Waals surface area contributed by atoms with Gasteiger partial charge in [-0.25, -0.2) is 0 Å². The summed E-state index contributed by atoms with van der Waals surface area (Å²) in [6.45, 7) is 5.89. The van der Waals surface area contributed by atoms with Gasteiger partial charge in [-0.1, -0.05) is 19.1 Å². The lowest BCUT2D eigenvalue weighted by Gasteiger charge is -2.36. The number of ketones is 2. The van der Waals surface area contributed by atoms with Gasteiger partial charge < -0.3 is 9.64 Å². The average Bonchev–Trinajstić information content (AvgIpc) is 3.06. The number of rotatable bonds is 9. The normalized spacial score (nSPS) is 19.4. The molecule has 0 radical (unpaired) electrons. The van der Waals surface area contributed by atoms with Crippen molar-refractivity contribution in [1.29, 1.82) is 5.26 Å². The number of hydrogen-bond acceptors (Lipinski definition) is 7. The van der Waals surface area contributed by atoms with E-state index in [9.17, 15) is 14.4 Å². The van der Waals surface area contributed by atoms with Gasteiger partial charge >= 0.3 is 0 Å². The molecule has 3 heterocycles. The van der Waals surface area contributed by atoms with Crippen LogP contribution in [0.3, 0.4) is 0 Å². The van der Waals surface area contributed by atoms with E-state index >= 15 is 0 Å². The third-order valence-corrected chi connectivity index (χ3v) is 8.94. The molecule has 0 saturated carbocycles. The fraction of sp³-hybridized carbons (Fsp3) is 0.400. The fourth-order valence-electron chi connectivity index (χ4n) is 6.21. The molecule has 8 heteroatoms. The predicted molar refractivity (Wildman–Crippen MR) is 163 cm³/mol. The SMILES string of the molecule is COc1ccc(C(=O)C2CCN(C(=O)c3ccc(C(=O)CC4CCN(Cc5ccc(C#N)cc5)C[C@@H]4C)cn3)CC2)cc1. The number of ether oxygens (including phenoxy) is 1. The maximum Gasteiger partial charge on any atom is 0.272 e. The van der Waals surface area contributed by atoms with E-state index in [-0.39, 0.29) is 23.4 Å². The third-order valence-electron chi connectivity index (χ3n) is 8.94. The van der Waals surface area contributed by atoms with E-state index in [0.29, 0.717) is 72.3 Å². The van der Waals surface area contributed by atoms with E-state index < -0.39 is 0 Å². The summed E-state index contributed by atoms with van der Waals surface area (Å²) in [4.78, 5) is 47.7. The van der Waals surface area contributed by atoms with Crippen molar-refractivity contribution in [3.8, 4) is 11.8 Å². The molecule has 2 atom stereocenters. The summed E-state index contributed by atoms with van der Waals surface area (Å²) >= 11 is 0. The quantitative estimate of drug-likeness (QED) is 0.312. The second-order valence-electron chi connectivity index (χ2n) is 11.8. The molecule has 5 rings (SSSR count). The van der Waals surface area contributed by atoms with Crippen LogP contribution in [-0.4, -0.2) is 65.5 Å². The topological polar surface area (TPSA) is 104 Å². The molecule has 2 saturated heterocycles. The van der Waals surface area contributed by atoms with Crippen molar-refractivity contribution in [1.82, 2.24) is 14.8 Å². The van der Waals surface area contributed by atoms with Gasteiger partial charge in [-0.3, -0.25) is 24.3 Å². The zero-order valence-electron chi connectivity index (χ0n) is 24.9. The van der Waals surface area contributed by atoms with Crippen LogP contribution in [-0.2, 0) is 6.54 Å². The Labute approximate surface area is 253 Å². The first-order valence-electron chi connectivity index (χ1n) is 15.0. The number of pyridine rings is 1. The van der Waals surface area contributed by atoms with Crippen LogP contribution >= 0.6 is 0 Å². The highest BCUT2D eigenvalue weighted by atomic mass is 16.5. The number of aromatic nitrogens is 1. The summed E-state index contributed by atoms with van der Waals surface area (Å²) in [5.74, 6) is 1.26. The third kappa shape index (κ3) is 7.36. The molecule has 0 aliphatic carbocycles. The fourth-order valence-corrected chi connectivity index (χ4v) is 6.21. The summed E-state index contributed by atoms with van der Waals surface area (Å²) in [6, 6.07) is 20.4. The second kappa shape index (κ2) is 13.7. The number of hydrogen-bond donors (Lipinski definition) is 0. The number of methoxy groups -OCH3 is 1. The Balaban J connectivity index is 1.09. The zero-order chi connectivity index (χ0) is 30.3. The van der Waals surface area contributed by atoms with Crippen LogP contribution in [0.5, 0.6) is 5.75 Å². The molecular weight excluding hydrogens is 540 g/mol. The van der Waals surface area contributed by atoms with Crippen molar-refractivity contribution >= 4 is 17.5 Å². The van der Waals surface area contributed by atoms with Gasteiger partial charge in [0.2, 0.25) is 0 Å². The number of likely N-dealkylation sites (tertiary alicyclic amines) is 2. The Morgan fingerprint density at radius 3 is 2.23 bits per heavy atom. The highest BCUT2D eigenvalue weighted by molar-refractivity contribution is 5.99. The van der Waals surface area contributed by atoms with Crippen molar-refractivity contribution in [2.45, 2.75) is 39.2 Å². The van der Waals surface area contributed by atoms with Gasteiger partial charge in [0.05, 0.1) is 18.7 Å². The lowest BCUT2D eigenvalue weighted by Crippen LogP contribution is -2.40. The Morgan fingerprint density at radius 1 is 0.930 bits per heavy atom. The largest absolute Gasteiger partial charge is 0.497 e. The number of benzene rings is 2. The molecule has 2 fully saturated rings. The van der Waals surface area contributed by atoms with Crippen molar-refractivity contribution in [3.05, 3.63) is 94.8 Å². The summed E-state index contributed by atoms with van der Waals surface area (Å²) in [5.41, 5.74) is 3.37. The molecule has 8 nitrogen and oxygen atoms in total. The van der Waals surface area contributed by atoms with Gasteiger partial charge in [0.15, 0.2) is 11.6 Å². The standard InChI is InChI=1S/C35H38N4O4/c1-24-22-38(23-26-5-3-25(20-36)4-6-26)16-13-29(24)19-33(40)30-9-12-32(37-21-30)35(42)39-17-14-28(15-18-39)34(41)27-7-10-31(43-2)11-8-27/h3-12,21,24,28-29H,13-19,22-23H2,1-2H3/t24-,29?/m0/s1. The van der Waals surface area contributed by atoms with Crippen molar-refractivity contribution in [2.75, 3.05) is 33.3 Å². The van der Waals surface area contributed by atoms with Crippen LogP contribution in [0.2, 0.25) is 0 Å². The first-order chi connectivity index (χ1) is 20.8. The molecule has 0 bridgehead atoms. The number of piperidine rings is 2. The first kappa shape index (κ1) is 30.1. The summed E-state index contributed by atoms with van der Waals surface area (Å²) in [7, 11) is 1.59. The van der Waals surface area contributed by atoms with Gasteiger partial charge in [-0.05, 0) is 91.7 Å². The average molecular weight is 579 g/mol. The van der Waals surface area contributed by atoms with Gasteiger partial charge in [0.25, 0.3) is 5.91 Å². The van der Waals surface area contributed by atoms with Gasteiger partial charge in [0.1, 0.15) is 11.4 Å². The van der Waals surface area contributed by atoms with Crippen LogP contribution < -0.4 is 4.74 Å². The Hall–Kier alpha value is -4.35. The Morgan fingerprint density at radius 2 is 1.63 bits per heavy atom. The van der Waals surface area contributed by atoms with E-state index in [1.165, 1.54) is 11.8 Å². The Kier molecular flexibility index (Phi) is 9.63. The summed E-state index contributed by atoms with van der Waals surface area (Å²) in [6.07, 6.45) is 4.16. The molecule has 222 valence electrons. The number of amides is 1. The molecule has 43 heavy (non-hydrogen) atoms. The van der Waals surface area contributed by atoms with Gasteiger partial charge in [0, 0.05) is 55.8 Å². The van der Waals surface area contributed by atoms with E-state index in [2.05, 4.69) is 22.9 Å². The minimum Gasteiger partial charge on any atom is -0.497 e. The molecule has 2 aliphatic heterocycles. The van der Waals surface area contributed by atoms with E-state index in [4.69, 9.17) is 10.00 Å². The molecule has 0 spiro atoms. The molecule has 3 aromatic rings. The van der Waals surface area contributed by atoms with Gasteiger partial charge in [-0.2, -0.15) is 5.26 Å². The summed E-state index contributed by atoms with van der Waals surface area (Å²) < 4.78 is 5.17. The maximum absolute atomic E-state index is 13.1. The number of Topliss-reactive ketones (excluding diaryl/α,β-unsaturated/α-hetero) is 2. The van der Waals surface area contributed by atoms with Crippen LogP contribution in [0.4, 0.5) is 0 Å². The second-order valence-corrected chi connectivity index (χ2v) is 11.8. The minimum atomic E-state index is -0.169. The van der Waals surface area contributed by atoms with E-state index in [1.54, 1.807) is 48.4 Å². The summed E-state index contributed by atoms with van der Waals surface area (Å²) in [5, 5.41) is 9.00. The molecule has 2 aromatic carbocycles. The highest BCUT2D eigenvalue weighted by Crippen LogP contribution is 2.29. The number of carbonyl (C=O) groups excluding carboxylic acids is 3. The Bertz CT molecular complexity index is 1470. The molecule has 1 amide bonds. The van der Waals surface area contributed by atoms with Crippen LogP contribution in [0.25, 0.3) is 0 Å². The van der Waals surface area contributed by atoms with Crippen molar-refractivity contribution in [3.63, 3.8) is 0 Å². The van der Waals surface area contributed by atoms with E-state index in [1.807, 2.05) is 24.3 Å². The molecule has 1 aromatic heterocycles. The lowest BCUT2D eigenvalue weighted by molar-refractivity contribution is 0.0645. The van der Waals surface area contributed by atoms with Crippen molar-refractivity contribution < 1.29 is 19.1 Å². The van der Waals surface area contributed by atoms with Gasteiger partial charge in [-0.15, -0.1) is 0 Å². The maximum atomic E-state index is 13.1. The molecule has 2 aliphatic rings. The molecule has 0 N–H and O–H groups in total. The number of nitriles is 1. The zero-order valence-corrected chi connectivity index (χ0v) is 24.9. The van der Waals surface area contributed by atoms with Crippen LogP contribution in [0, 0.1) is 29.1 Å². The number of carbonyl (C=O) groups is 3. The first-order valence-corrected chi connectivity index (χ1v) is 15.0. The highest BCUT2D eigenvalue weighted by Gasteiger charge is 2.30. The monoisotopic (exact) mass is 578 g/mol. The lowest BCUT2D eigenvalue weighted by atomic mass is 9.82. The smallest absolute Gasteiger partial charge is 0.272 e. The van der Waals surface area contributed by atoms with E-state index in [0.717, 1.165) is 26.1 Å². The molecular formula is C35H38N4O4. The van der Waals surface area contributed by atoms with Crippen molar-refractivity contribution in [2.24, 2.45) is 17.8 Å². The van der Waals surface area contributed by atoms with Crippen LogP contribution in [0.15, 0.2) is 66.9 Å². The number of nitrogens with zero attached hydrogens (tertiary/aromatic N) is 4. The predicted octanol–water partition coefficient (Wildman–Crippen LogP) is 5.43. The van der Waals surface area contributed by atoms with Crippen LogP contribution in [0.1, 0.15) is 74.9 Å². The minimum absolute atomic E-state index is 0.0572. The molecule has 1 unspecified atom stereocenters.